The van der Waals surface area contributed by atoms with E-state index < -0.39 is 0 Å². The van der Waals surface area contributed by atoms with Gasteiger partial charge in [-0.05, 0) is 45.0 Å². The molecule has 2 rings (SSSR count). The summed E-state index contributed by atoms with van der Waals surface area (Å²) >= 11 is 3.38. The van der Waals surface area contributed by atoms with Gasteiger partial charge in [0.15, 0.2) is 0 Å². The van der Waals surface area contributed by atoms with Crippen LogP contribution in [0.25, 0.3) is 0 Å². The first-order valence-electron chi connectivity index (χ1n) is 6.91. The maximum absolute atomic E-state index is 12.3. The third-order valence-corrected chi connectivity index (χ3v) is 4.02. The summed E-state index contributed by atoms with van der Waals surface area (Å²) in [4.78, 5) is 14.5. The number of carbonyl (C=O) groups excluding carboxylic acids is 1. The normalized spacial score (nSPS) is 25.2. The van der Waals surface area contributed by atoms with E-state index in [0.717, 1.165) is 23.2 Å². The van der Waals surface area contributed by atoms with Crippen molar-refractivity contribution >= 4 is 27.5 Å². The van der Waals surface area contributed by atoms with E-state index in [1.807, 2.05) is 45.0 Å². The van der Waals surface area contributed by atoms with E-state index in [4.69, 9.17) is 4.74 Å². The van der Waals surface area contributed by atoms with Gasteiger partial charge in [-0.3, -0.25) is 9.69 Å². The van der Waals surface area contributed by atoms with Gasteiger partial charge in [-0.15, -0.1) is 0 Å². The van der Waals surface area contributed by atoms with Crippen molar-refractivity contribution in [2.24, 2.45) is 0 Å². The smallest absolute Gasteiger partial charge is 0.241 e. The summed E-state index contributed by atoms with van der Waals surface area (Å²) in [5, 5.41) is 2.95. The molecule has 1 heterocycles. The molecule has 1 aromatic rings. The lowest BCUT2D eigenvalue weighted by Gasteiger charge is -2.38. The van der Waals surface area contributed by atoms with E-state index in [9.17, 15) is 4.79 Å². The number of rotatable bonds is 3. The zero-order chi connectivity index (χ0) is 14.7. The van der Waals surface area contributed by atoms with Crippen LogP contribution in [0.1, 0.15) is 20.8 Å². The Morgan fingerprint density at radius 1 is 1.30 bits per heavy atom. The van der Waals surface area contributed by atoms with Crippen LogP contribution in [0.5, 0.6) is 0 Å². The Bertz CT molecular complexity index is 453. The predicted octanol–water partition coefficient (Wildman–Crippen LogP) is 2.89. The maximum Gasteiger partial charge on any atom is 0.241 e. The number of halogens is 1. The highest BCUT2D eigenvalue weighted by Crippen LogP contribution is 2.17. The van der Waals surface area contributed by atoms with Crippen LogP contribution in [0.3, 0.4) is 0 Å². The van der Waals surface area contributed by atoms with E-state index >= 15 is 0 Å². The van der Waals surface area contributed by atoms with Gasteiger partial charge in [-0.2, -0.15) is 0 Å². The van der Waals surface area contributed by atoms with Gasteiger partial charge < -0.3 is 10.1 Å². The number of benzene rings is 1. The van der Waals surface area contributed by atoms with Crippen LogP contribution in [-0.4, -0.2) is 42.1 Å². The minimum absolute atomic E-state index is 0.0219. The molecule has 0 bridgehead atoms. The topological polar surface area (TPSA) is 41.6 Å². The van der Waals surface area contributed by atoms with Crippen molar-refractivity contribution < 1.29 is 9.53 Å². The minimum Gasteiger partial charge on any atom is -0.373 e. The molecule has 1 aliphatic heterocycles. The molecular weight excluding hydrogens is 320 g/mol. The fourth-order valence-electron chi connectivity index (χ4n) is 2.48. The Labute approximate surface area is 128 Å². The molecule has 0 spiro atoms. The molecule has 1 N–H and O–H groups in total. The summed E-state index contributed by atoms with van der Waals surface area (Å²) in [5.74, 6) is 0.0219. The highest BCUT2D eigenvalue weighted by Gasteiger charge is 2.29. The molecular formula is C15H21BrN2O2. The van der Waals surface area contributed by atoms with Crippen LogP contribution in [-0.2, 0) is 9.53 Å². The SMILES string of the molecule is C[C@H]1CN([C@@H](C)C(=O)Nc2ccc(Br)cc2)C[C@H](C)O1. The Balaban J connectivity index is 1.96. The number of nitrogens with one attached hydrogen (secondary N) is 1. The lowest BCUT2D eigenvalue weighted by atomic mass is 10.1. The Hall–Kier alpha value is -0.910. The van der Waals surface area contributed by atoms with Crippen LogP contribution >= 0.6 is 15.9 Å². The van der Waals surface area contributed by atoms with E-state index in [1.165, 1.54) is 0 Å². The predicted molar refractivity (Wildman–Crippen MR) is 83.8 cm³/mol. The number of nitrogens with zero attached hydrogens (tertiary/aromatic N) is 1. The Morgan fingerprint density at radius 2 is 1.85 bits per heavy atom. The van der Waals surface area contributed by atoms with Crippen molar-refractivity contribution in [1.82, 2.24) is 4.90 Å². The molecule has 1 fully saturated rings. The molecule has 4 nitrogen and oxygen atoms in total. The average Bonchev–Trinajstić information content (AvgIpc) is 2.39. The Morgan fingerprint density at radius 3 is 2.40 bits per heavy atom. The summed E-state index contributed by atoms with van der Waals surface area (Å²) < 4.78 is 6.70. The van der Waals surface area contributed by atoms with Crippen LogP contribution in [0.2, 0.25) is 0 Å². The zero-order valence-electron chi connectivity index (χ0n) is 12.1. The molecule has 1 aliphatic rings. The molecule has 0 unspecified atom stereocenters. The molecule has 5 heteroatoms. The number of hydrogen-bond acceptors (Lipinski definition) is 3. The Kier molecular flexibility index (Phi) is 5.18. The molecule has 0 saturated carbocycles. The van der Waals surface area contributed by atoms with E-state index in [1.54, 1.807) is 0 Å². The number of carbonyl (C=O) groups is 1. The number of anilines is 1. The number of ether oxygens (including phenoxy) is 1. The van der Waals surface area contributed by atoms with Gasteiger partial charge in [0, 0.05) is 23.2 Å². The fraction of sp³-hybridized carbons (Fsp3) is 0.533. The zero-order valence-corrected chi connectivity index (χ0v) is 13.7. The van der Waals surface area contributed by atoms with Crippen molar-refractivity contribution in [2.45, 2.75) is 39.0 Å². The molecule has 1 aromatic carbocycles. The van der Waals surface area contributed by atoms with Gasteiger partial charge in [0.25, 0.3) is 0 Å². The van der Waals surface area contributed by atoms with E-state index in [0.29, 0.717) is 0 Å². The van der Waals surface area contributed by atoms with Crippen molar-refractivity contribution in [3.05, 3.63) is 28.7 Å². The monoisotopic (exact) mass is 340 g/mol. The summed E-state index contributed by atoms with van der Waals surface area (Å²) in [7, 11) is 0. The fourth-order valence-corrected chi connectivity index (χ4v) is 2.74. The largest absolute Gasteiger partial charge is 0.373 e. The lowest BCUT2D eigenvalue weighted by Crippen LogP contribution is -2.52. The second-order valence-electron chi connectivity index (χ2n) is 5.38. The van der Waals surface area contributed by atoms with Gasteiger partial charge in [-0.1, -0.05) is 15.9 Å². The molecule has 1 amide bonds. The van der Waals surface area contributed by atoms with E-state index in [-0.39, 0.29) is 24.2 Å². The first-order chi connectivity index (χ1) is 9.45. The highest BCUT2D eigenvalue weighted by atomic mass is 79.9. The molecule has 3 atom stereocenters. The molecule has 1 saturated heterocycles. The van der Waals surface area contributed by atoms with Gasteiger partial charge in [0.2, 0.25) is 5.91 Å². The minimum atomic E-state index is -0.160. The quantitative estimate of drug-likeness (QED) is 0.919. The van der Waals surface area contributed by atoms with Crippen LogP contribution < -0.4 is 5.32 Å². The molecule has 0 radical (unpaired) electrons. The second kappa shape index (κ2) is 6.70. The number of amides is 1. The van der Waals surface area contributed by atoms with Crippen molar-refractivity contribution in [3.63, 3.8) is 0 Å². The van der Waals surface area contributed by atoms with Gasteiger partial charge in [-0.25, -0.2) is 0 Å². The summed E-state index contributed by atoms with van der Waals surface area (Å²) in [6.45, 7) is 7.61. The average molecular weight is 341 g/mol. The second-order valence-corrected chi connectivity index (χ2v) is 6.30. The first-order valence-corrected chi connectivity index (χ1v) is 7.71. The third-order valence-electron chi connectivity index (χ3n) is 3.49. The lowest BCUT2D eigenvalue weighted by molar-refractivity contribution is -0.126. The van der Waals surface area contributed by atoms with Gasteiger partial charge in [0.1, 0.15) is 0 Å². The molecule has 20 heavy (non-hydrogen) atoms. The number of morpholine rings is 1. The van der Waals surface area contributed by atoms with E-state index in [2.05, 4.69) is 26.1 Å². The number of hydrogen-bond donors (Lipinski definition) is 1. The van der Waals surface area contributed by atoms with Crippen LogP contribution in [0, 0.1) is 0 Å². The van der Waals surface area contributed by atoms with Gasteiger partial charge in [0.05, 0.1) is 18.2 Å². The molecule has 0 aliphatic carbocycles. The van der Waals surface area contributed by atoms with Crippen molar-refractivity contribution in [2.75, 3.05) is 18.4 Å². The van der Waals surface area contributed by atoms with Crippen molar-refractivity contribution in [1.29, 1.82) is 0 Å². The van der Waals surface area contributed by atoms with Gasteiger partial charge >= 0.3 is 0 Å². The highest BCUT2D eigenvalue weighted by molar-refractivity contribution is 9.10. The van der Waals surface area contributed by atoms with Crippen LogP contribution in [0.4, 0.5) is 5.69 Å². The molecule has 0 aromatic heterocycles. The summed E-state index contributed by atoms with van der Waals surface area (Å²) in [5.41, 5.74) is 0.819. The first kappa shape index (κ1) is 15.5. The summed E-state index contributed by atoms with van der Waals surface area (Å²) in [6, 6.07) is 7.45. The standard InChI is InChI=1S/C15H21BrN2O2/c1-10-8-18(9-11(2)20-10)12(3)15(19)17-14-6-4-13(16)5-7-14/h4-7,10-12H,8-9H2,1-3H3,(H,17,19)/t10-,11-,12-/m0/s1. The maximum atomic E-state index is 12.3. The van der Waals surface area contributed by atoms with Crippen molar-refractivity contribution in [3.8, 4) is 0 Å². The summed E-state index contributed by atoms with van der Waals surface area (Å²) in [6.07, 6.45) is 0.336. The van der Waals surface area contributed by atoms with Crippen LogP contribution in [0.15, 0.2) is 28.7 Å². The third kappa shape index (κ3) is 4.04. The molecule has 110 valence electrons.